The predicted molar refractivity (Wildman–Crippen MR) is 47.6 cm³/mol. The molecule has 1 radical (unpaired) electrons. The summed E-state index contributed by atoms with van der Waals surface area (Å²) in [6, 6.07) is 1.40. The van der Waals surface area contributed by atoms with Crippen LogP contribution in [0.5, 0.6) is 0 Å². The molecule has 0 atom stereocenters. The van der Waals surface area contributed by atoms with Gasteiger partial charge in [0.05, 0.1) is 6.04 Å². The minimum atomic E-state index is 0.900. The first-order chi connectivity index (χ1) is 6.43. The molecule has 1 N–H and O–H groups in total. The van der Waals surface area contributed by atoms with Crippen LogP contribution < -0.4 is 0 Å². The Kier molecular flexibility index (Phi) is 1.62. The highest BCUT2D eigenvalue weighted by Gasteiger charge is 2.36. The van der Waals surface area contributed by atoms with Crippen LogP contribution in [0.2, 0.25) is 0 Å². The molecule has 1 aromatic heterocycles. The van der Waals surface area contributed by atoms with Crippen LogP contribution in [0.15, 0.2) is 6.20 Å². The summed E-state index contributed by atoms with van der Waals surface area (Å²) < 4.78 is 0. The Bertz CT molecular complexity index is 274. The minimum Gasteiger partial charge on any atom is -0.290 e. The molecule has 13 heavy (non-hydrogen) atoms. The average Bonchev–Trinajstić information content (AvgIpc) is 2.72. The number of nitrogens with zero attached hydrogens (tertiary/aromatic N) is 3. The van der Waals surface area contributed by atoms with E-state index in [4.69, 9.17) is 0 Å². The van der Waals surface area contributed by atoms with E-state index in [2.05, 4.69) is 20.3 Å². The molecule has 4 heteroatoms. The number of rotatable bonds is 1. The van der Waals surface area contributed by atoms with Gasteiger partial charge in [0.15, 0.2) is 0 Å². The number of hydrogen-bond donors (Lipinski definition) is 1. The van der Waals surface area contributed by atoms with Gasteiger partial charge in [-0.3, -0.25) is 10.00 Å². The standard InChI is InChI=1S/C9H13N4/c1-3-13-4-2-7(1)5-9(13)8-6-10-12-11-8/h6-7H,1-5H2,(H,10,11,12). The molecule has 1 aromatic rings. The lowest BCUT2D eigenvalue weighted by Crippen LogP contribution is -2.44. The molecule has 3 saturated heterocycles. The van der Waals surface area contributed by atoms with Gasteiger partial charge in [-0.2, -0.15) is 0 Å². The first-order valence-corrected chi connectivity index (χ1v) is 4.91. The van der Waals surface area contributed by atoms with Crippen molar-refractivity contribution in [2.24, 2.45) is 5.92 Å². The summed E-state index contributed by atoms with van der Waals surface area (Å²) in [5, 5.41) is 10.6. The number of nitrogens with one attached hydrogen (secondary N) is 1. The Balaban J connectivity index is 1.85. The third-order valence-electron chi connectivity index (χ3n) is 3.19. The van der Waals surface area contributed by atoms with Crippen molar-refractivity contribution in [2.75, 3.05) is 13.1 Å². The van der Waals surface area contributed by atoms with Crippen molar-refractivity contribution in [3.05, 3.63) is 17.9 Å². The zero-order valence-electron chi connectivity index (χ0n) is 7.53. The van der Waals surface area contributed by atoms with E-state index in [-0.39, 0.29) is 0 Å². The molecule has 0 aromatic carbocycles. The first-order valence-electron chi connectivity index (χ1n) is 4.91. The van der Waals surface area contributed by atoms with Crippen LogP contribution in [0.1, 0.15) is 25.0 Å². The Labute approximate surface area is 77.3 Å². The molecule has 0 amide bonds. The summed E-state index contributed by atoms with van der Waals surface area (Å²) in [5.74, 6) is 0.900. The maximum absolute atomic E-state index is 4.07. The molecule has 3 aliphatic heterocycles. The summed E-state index contributed by atoms with van der Waals surface area (Å²) in [4.78, 5) is 2.46. The first kappa shape index (κ1) is 7.50. The molecular formula is C9H13N4. The number of aromatic nitrogens is 3. The van der Waals surface area contributed by atoms with Crippen molar-refractivity contribution in [1.82, 2.24) is 20.3 Å². The molecule has 69 valence electrons. The van der Waals surface area contributed by atoms with E-state index >= 15 is 0 Å². The molecule has 0 spiro atoms. The Morgan fingerprint density at radius 1 is 1.38 bits per heavy atom. The molecule has 0 saturated carbocycles. The van der Waals surface area contributed by atoms with Crippen LogP contribution in [0, 0.1) is 12.0 Å². The zero-order valence-corrected chi connectivity index (χ0v) is 7.53. The van der Waals surface area contributed by atoms with Gasteiger partial charge >= 0.3 is 0 Å². The summed E-state index contributed by atoms with van der Waals surface area (Å²) in [6.45, 7) is 2.43. The van der Waals surface area contributed by atoms with Crippen molar-refractivity contribution in [2.45, 2.75) is 19.3 Å². The highest BCUT2D eigenvalue weighted by atomic mass is 15.3. The fourth-order valence-corrected chi connectivity index (χ4v) is 2.42. The second-order valence-corrected chi connectivity index (χ2v) is 3.94. The number of hydrogen-bond acceptors (Lipinski definition) is 3. The maximum Gasteiger partial charge on any atom is 0.105 e. The minimum absolute atomic E-state index is 0.900. The van der Waals surface area contributed by atoms with E-state index in [1.807, 2.05) is 6.20 Å². The van der Waals surface area contributed by atoms with E-state index in [0.29, 0.717) is 0 Å². The molecule has 3 fully saturated rings. The highest BCUT2D eigenvalue weighted by molar-refractivity contribution is 5.21. The van der Waals surface area contributed by atoms with Gasteiger partial charge in [0.1, 0.15) is 5.69 Å². The van der Waals surface area contributed by atoms with Crippen LogP contribution in [0.25, 0.3) is 0 Å². The van der Waals surface area contributed by atoms with Crippen LogP contribution in [-0.2, 0) is 0 Å². The van der Waals surface area contributed by atoms with Crippen molar-refractivity contribution in [3.8, 4) is 0 Å². The van der Waals surface area contributed by atoms with Gasteiger partial charge in [-0.15, -0.1) is 5.10 Å². The number of piperidine rings is 3. The second-order valence-electron chi connectivity index (χ2n) is 3.94. The average molecular weight is 177 g/mol. The van der Waals surface area contributed by atoms with Crippen molar-refractivity contribution in [3.63, 3.8) is 0 Å². The van der Waals surface area contributed by atoms with Crippen LogP contribution in [-0.4, -0.2) is 33.4 Å². The lowest BCUT2D eigenvalue weighted by molar-refractivity contribution is 0.124. The van der Waals surface area contributed by atoms with Gasteiger partial charge < -0.3 is 0 Å². The van der Waals surface area contributed by atoms with Crippen LogP contribution in [0.4, 0.5) is 0 Å². The van der Waals surface area contributed by atoms with Gasteiger partial charge in [0.25, 0.3) is 0 Å². The van der Waals surface area contributed by atoms with E-state index in [1.54, 1.807) is 0 Å². The summed E-state index contributed by atoms with van der Waals surface area (Å²) >= 11 is 0. The van der Waals surface area contributed by atoms with Crippen LogP contribution >= 0.6 is 0 Å². The fourth-order valence-electron chi connectivity index (χ4n) is 2.42. The number of H-pyrrole nitrogens is 1. The normalized spacial score (nSPS) is 33.8. The Morgan fingerprint density at radius 2 is 2.23 bits per heavy atom. The fraction of sp³-hybridized carbons (Fsp3) is 0.667. The maximum atomic E-state index is 4.07. The SMILES string of the molecule is c1[nH]nnc1[C]1CC2CCN1CC2. The van der Waals surface area contributed by atoms with Crippen molar-refractivity contribution < 1.29 is 0 Å². The molecule has 4 heterocycles. The molecule has 0 aliphatic carbocycles. The third-order valence-corrected chi connectivity index (χ3v) is 3.19. The van der Waals surface area contributed by atoms with E-state index in [9.17, 15) is 0 Å². The van der Waals surface area contributed by atoms with Crippen molar-refractivity contribution >= 4 is 0 Å². The quantitative estimate of drug-likeness (QED) is 0.690. The predicted octanol–water partition coefficient (Wildman–Crippen LogP) is 0.800. The molecule has 4 nitrogen and oxygen atoms in total. The molecule has 4 rings (SSSR count). The van der Waals surface area contributed by atoms with E-state index in [0.717, 1.165) is 11.6 Å². The van der Waals surface area contributed by atoms with Crippen LogP contribution in [0.3, 0.4) is 0 Å². The summed E-state index contributed by atoms with van der Waals surface area (Å²) in [7, 11) is 0. The second kappa shape index (κ2) is 2.80. The topological polar surface area (TPSA) is 44.8 Å². The number of fused-ring (bicyclic) bond motifs is 3. The summed E-state index contributed by atoms with van der Waals surface area (Å²) in [5.41, 5.74) is 1.05. The van der Waals surface area contributed by atoms with Gasteiger partial charge in [0.2, 0.25) is 0 Å². The van der Waals surface area contributed by atoms with E-state index in [1.165, 1.54) is 38.4 Å². The molecular weight excluding hydrogens is 164 g/mol. The van der Waals surface area contributed by atoms with Gasteiger partial charge in [-0.25, -0.2) is 0 Å². The van der Waals surface area contributed by atoms with Gasteiger partial charge in [-0.1, -0.05) is 5.21 Å². The Morgan fingerprint density at radius 3 is 2.77 bits per heavy atom. The smallest absolute Gasteiger partial charge is 0.105 e. The third kappa shape index (κ3) is 1.16. The van der Waals surface area contributed by atoms with Crippen molar-refractivity contribution in [1.29, 1.82) is 0 Å². The molecule has 0 unspecified atom stereocenters. The molecule has 2 bridgehead atoms. The lowest BCUT2D eigenvalue weighted by Gasteiger charge is -2.43. The monoisotopic (exact) mass is 177 g/mol. The Hall–Kier alpha value is -0.900. The lowest BCUT2D eigenvalue weighted by atomic mass is 9.82. The van der Waals surface area contributed by atoms with Gasteiger partial charge in [0, 0.05) is 6.20 Å². The van der Waals surface area contributed by atoms with Gasteiger partial charge in [-0.05, 0) is 38.3 Å². The number of aromatic amines is 1. The largest absolute Gasteiger partial charge is 0.290 e. The summed E-state index contributed by atoms with van der Waals surface area (Å²) in [6.07, 6.45) is 5.82. The highest BCUT2D eigenvalue weighted by Crippen LogP contribution is 2.38. The molecule has 3 aliphatic rings. The zero-order chi connectivity index (χ0) is 8.67. The van der Waals surface area contributed by atoms with E-state index < -0.39 is 0 Å².